The predicted molar refractivity (Wildman–Crippen MR) is 87.4 cm³/mol. The summed E-state index contributed by atoms with van der Waals surface area (Å²) in [5.74, 6) is -1.04. The van der Waals surface area contributed by atoms with E-state index >= 15 is 0 Å². The SMILES string of the molecule is CC(c1ccc(OS(F)(F)(F)(F)F)cc1)n1cc(Cl)cc(Br)c1=O. The van der Waals surface area contributed by atoms with Crippen LogP contribution in [0.15, 0.2) is 45.8 Å². The Hall–Kier alpha value is -1.26. The average Bonchev–Trinajstić information content (AvgIpc) is 2.39. The molecule has 0 N–H and O–H groups in total. The van der Waals surface area contributed by atoms with Crippen molar-refractivity contribution in [2.45, 2.75) is 13.0 Å². The van der Waals surface area contributed by atoms with Crippen molar-refractivity contribution < 1.29 is 23.6 Å². The van der Waals surface area contributed by atoms with Crippen molar-refractivity contribution in [1.29, 1.82) is 0 Å². The predicted octanol–water partition coefficient (Wildman–Crippen LogP) is 6.47. The Balaban J connectivity index is 2.34. The minimum atomic E-state index is -10.0. The molecule has 0 saturated carbocycles. The number of rotatable bonds is 4. The Morgan fingerprint density at radius 1 is 1.17 bits per heavy atom. The largest absolute Gasteiger partial charge is 0.435 e. The fraction of sp³-hybridized carbons (Fsp3) is 0.154. The minimum absolute atomic E-state index is 0.211. The van der Waals surface area contributed by atoms with Crippen LogP contribution in [-0.4, -0.2) is 4.57 Å². The molecule has 134 valence electrons. The van der Waals surface area contributed by atoms with E-state index in [1.165, 1.54) is 16.8 Å². The molecule has 0 saturated heterocycles. The molecule has 2 aromatic rings. The normalized spacial score (nSPS) is 16.2. The van der Waals surface area contributed by atoms with Crippen molar-refractivity contribution in [2.24, 2.45) is 0 Å². The maximum atomic E-state index is 12.3. The average molecular weight is 455 g/mol. The van der Waals surface area contributed by atoms with Gasteiger partial charge in [0.15, 0.2) is 0 Å². The maximum absolute atomic E-state index is 12.3. The highest BCUT2D eigenvalue weighted by Crippen LogP contribution is 2.97. The standard InChI is InChI=1S/C13H10BrClF5NO2S/c1-8(21-7-10(15)6-12(14)13(21)22)9-2-4-11(5-3-9)23-24(16,17,18,19)20/h2-8H,1H3. The molecule has 11 heteroatoms. The molecule has 0 fully saturated rings. The summed E-state index contributed by atoms with van der Waals surface area (Å²) in [6.07, 6.45) is 1.36. The highest BCUT2D eigenvalue weighted by molar-refractivity contribution is 9.10. The van der Waals surface area contributed by atoms with Crippen molar-refractivity contribution in [3.05, 3.63) is 61.9 Å². The zero-order valence-corrected chi connectivity index (χ0v) is 15.0. The lowest BCUT2D eigenvalue weighted by Crippen LogP contribution is -2.24. The van der Waals surface area contributed by atoms with Crippen LogP contribution in [0.1, 0.15) is 18.5 Å². The Morgan fingerprint density at radius 3 is 2.21 bits per heavy atom. The van der Waals surface area contributed by atoms with Crippen LogP contribution >= 0.6 is 38.0 Å². The maximum Gasteiger partial charge on any atom is 0.435 e. The summed E-state index contributed by atoms with van der Waals surface area (Å²) in [5.41, 5.74) is 0.00000993. The summed E-state index contributed by atoms with van der Waals surface area (Å²) in [6, 6.07) is 4.64. The second-order valence-electron chi connectivity index (χ2n) is 4.95. The fourth-order valence-corrected chi connectivity index (χ4v) is 3.24. The highest BCUT2D eigenvalue weighted by atomic mass is 79.9. The van der Waals surface area contributed by atoms with Gasteiger partial charge in [0.05, 0.1) is 15.5 Å². The third-order valence-electron chi connectivity index (χ3n) is 3.00. The van der Waals surface area contributed by atoms with E-state index in [0.717, 1.165) is 24.3 Å². The molecule has 24 heavy (non-hydrogen) atoms. The summed E-state index contributed by atoms with van der Waals surface area (Å²) in [4.78, 5) is 12.1. The molecule has 1 aromatic carbocycles. The second kappa shape index (κ2) is 5.37. The number of aromatic nitrogens is 1. The number of halogens is 7. The molecular weight excluding hydrogens is 445 g/mol. The third kappa shape index (κ3) is 5.12. The van der Waals surface area contributed by atoms with E-state index in [-0.39, 0.29) is 9.50 Å². The zero-order valence-electron chi connectivity index (χ0n) is 11.9. The summed E-state index contributed by atoms with van der Waals surface area (Å²) < 4.78 is 65.8. The van der Waals surface area contributed by atoms with Crippen molar-refractivity contribution in [2.75, 3.05) is 0 Å². The van der Waals surface area contributed by atoms with Crippen molar-refractivity contribution in [1.82, 2.24) is 4.57 Å². The first-order chi connectivity index (χ1) is 10.6. The van der Waals surface area contributed by atoms with Crippen molar-refractivity contribution >= 4 is 38.0 Å². The van der Waals surface area contributed by atoms with Crippen LogP contribution < -0.4 is 9.74 Å². The lowest BCUT2D eigenvalue weighted by atomic mass is 10.1. The van der Waals surface area contributed by atoms with Gasteiger partial charge in [-0.25, -0.2) is 0 Å². The number of benzene rings is 1. The molecule has 3 nitrogen and oxygen atoms in total. The van der Waals surface area contributed by atoms with E-state index in [4.69, 9.17) is 11.6 Å². The second-order valence-corrected chi connectivity index (χ2v) is 8.20. The third-order valence-corrected chi connectivity index (χ3v) is 4.28. The van der Waals surface area contributed by atoms with E-state index in [0.29, 0.717) is 5.56 Å². The molecule has 0 amide bonds. The summed E-state index contributed by atoms with van der Waals surface area (Å²) in [7, 11) is -10.0. The van der Waals surface area contributed by atoms with Crippen LogP contribution in [0.3, 0.4) is 0 Å². The Labute approximate surface area is 147 Å². The van der Waals surface area contributed by atoms with Crippen LogP contribution in [0.5, 0.6) is 5.75 Å². The quantitative estimate of drug-likeness (QED) is 0.496. The van der Waals surface area contributed by atoms with Gasteiger partial charge in [-0.2, -0.15) is 0 Å². The van der Waals surface area contributed by atoms with Gasteiger partial charge in [0.2, 0.25) is 0 Å². The summed E-state index contributed by atoms with van der Waals surface area (Å²) in [6.45, 7) is 1.60. The van der Waals surface area contributed by atoms with Gasteiger partial charge >= 0.3 is 10.5 Å². The van der Waals surface area contributed by atoms with Gasteiger partial charge in [-0.1, -0.05) is 43.2 Å². The van der Waals surface area contributed by atoms with Crippen LogP contribution in [0, 0.1) is 0 Å². The lowest BCUT2D eigenvalue weighted by Gasteiger charge is -2.39. The smallest absolute Gasteiger partial charge is 0.355 e. The van der Waals surface area contributed by atoms with Gasteiger partial charge in [-0.15, -0.1) is 0 Å². The molecule has 0 spiro atoms. The van der Waals surface area contributed by atoms with Gasteiger partial charge in [-0.05, 0) is 46.6 Å². The molecule has 1 heterocycles. The van der Waals surface area contributed by atoms with Crippen LogP contribution in [0.25, 0.3) is 0 Å². The van der Waals surface area contributed by atoms with Gasteiger partial charge in [-0.3, -0.25) is 4.79 Å². The first-order valence-electron chi connectivity index (χ1n) is 6.27. The Bertz CT molecular complexity index is 839. The first-order valence-corrected chi connectivity index (χ1v) is 9.32. The van der Waals surface area contributed by atoms with E-state index in [2.05, 4.69) is 20.1 Å². The van der Waals surface area contributed by atoms with Gasteiger partial charge in [0, 0.05) is 6.20 Å². The molecule has 1 unspecified atom stereocenters. The molecular formula is C13H10BrClF5NO2S. The Morgan fingerprint density at radius 2 is 1.71 bits per heavy atom. The molecule has 0 bridgehead atoms. The van der Waals surface area contributed by atoms with Gasteiger partial charge < -0.3 is 8.75 Å². The minimum Gasteiger partial charge on any atom is -0.355 e. The number of hydrogen-bond acceptors (Lipinski definition) is 2. The van der Waals surface area contributed by atoms with E-state index in [1.54, 1.807) is 6.92 Å². The van der Waals surface area contributed by atoms with Crippen LogP contribution in [-0.2, 0) is 0 Å². The molecule has 1 aromatic heterocycles. The number of pyridine rings is 1. The fourth-order valence-electron chi connectivity index (χ4n) is 1.97. The highest BCUT2D eigenvalue weighted by Gasteiger charge is 2.67. The first kappa shape index (κ1) is 19.1. The molecule has 2 rings (SSSR count). The van der Waals surface area contributed by atoms with E-state index in [1.807, 2.05) is 0 Å². The molecule has 0 aliphatic carbocycles. The number of hydrogen-bond donors (Lipinski definition) is 0. The van der Waals surface area contributed by atoms with Crippen LogP contribution in [0.4, 0.5) is 19.4 Å². The lowest BCUT2D eigenvalue weighted by molar-refractivity contribution is 0.243. The van der Waals surface area contributed by atoms with Crippen molar-refractivity contribution in [3.63, 3.8) is 0 Å². The molecule has 1 atom stereocenters. The van der Waals surface area contributed by atoms with E-state index < -0.39 is 27.9 Å². The molecule has 0 aliphatic heterocycles. The van der Waals surface area contributed by atoms with Gasteiger partial charge in [0.1, 0.15) is 5.75 Å². The molecule has 0 radical (unpaired) electrons. The van der Waals surface area contributed by atoms with Crippen LogP contribution in [0.2, 0.25) is 5.02 Å². The molecule has 0 aliphatic rings. The summed E-state index contributed by atoms with van der Waals surface area (Å²) in [5, 5.41) is 0.272. The number of nitrogens with zero attached hydrogens (tertiary/aromatic N) is 1. The Kier molecular flexibility index (Phi) is 4.26. The topological polar surface area (TPSA) is 31.2 Å². The van der Waals surface area contributed by atoms with E-state index in [9.17, 15) is 24.2 Å². The summed E-state index contributed by atoms with van der Waals surface area (Å²) >= 11 is 8.92. The van der Waals surface area contributed by atoms with Gasteiger partial charge in [0.25, 0.3) is 5.56 Å². The zero-order chi connectivity index (χ0) is 18.4. The monoisotopic (exact) mass is 453 g/mol. The van der Waals surface area contributed by atoms with Crippen molar-refractivity contribution in [3.8, 4) is 5.75 Å².